The maximum atomic E-state index is 6.08. The highest BCUT2D eigenvalue weighted by Crippen LogP contribution is 2.26. The molecule has 0 aromatic heterocycles. The van der Waals surface area contributed by atoms with Crippen LogP contribution in [-0.4, -0.2) is 0 Å². The van der Waals surface area contributed by atoms with E-state index in [0.717, 1.165) is 22.9 Å². The second kappa shape index (κ2) is 5.32. The first kappa shape index (κ1) is 11.5. The SMILES string of the molecule is C=C(CC)CC(N)c1ccccc1Br. The Bertz CT molecular complexity index is 320. The highest BCUT2D eigenvalue weighted by Gasteiger charge is 2.09. The molecular weight excluding hydrogens is 238 g/mol. The van der Waals surface area contributed by atoms with Gasteiger partial charge in [-0.05, 0) is 24.5 Å². The number of benzene rings is 1. The number of halogens is 1. The Morgan fingerprint density at radius 1 is 1.50 bits per heavy atom. The second-order valence-corrected chi connectivity index (χ2v) is 4.29. The summed E-state index contributed by atoms with van der Waals surface area (Å²) in [5, 5.41) is 0. The van der Waals surface area contributed by atoms with Crippen molar-refractivity contribution < 1.29 is 0 Å². The number of rotatable bonds is 4. The van der Waals surface area contributed by atoms with E-state index in [0.29, 0.717) is 0 Å². The minimum atomic E-state index is 0.0537. The van der Waals surface area contributed by atoms with Crippen LogP contribution in [0.5, 0.6) is 0 Å². The summed E-state index contributed by atoms with van der Waals surface area (Å²) < 4.78 is 1.08. The van der Waals surface area contributed by atoms with E-state index < -0.39 is 0 Å². The van der Waals surface area contributed by atoms with Crippen molar-refractivity contribution in [2.24, 2.45) is 5.73 Å². The Morgan fingerprint density at radius 2 is 2.14 bits per heavy atom. The van der Waals surface area contributed by atoms with Crippen LogP contribution >= 0.6 is 15.9 Å². The summed E-state index contributed by atoms with van der Waals surface area (Å²) in [7, 11) is 0. The standard InChI is InChI=1S/C12H16BrN/c1-3-9(2)8-12(14)10-6-4-5-7-11(10)13/h4-7,12H,2-3,8,14H2,1H3. The predicted octanol–water partition coefficient (Wildman–Crippen LogP) is 3.81. The third-order valence-corrected chi connectivity index (χ3v) is 3.04. The van der Waals surface area contributed by atoms with Gasteiger partial charge in [0.05, 0.1) is 0 Å². The normalized spacial score (nSPS) is 12.5. The topological polar surface area (TPSA) is 26.0 Å². The number of hydrogen-bond donors (Lipinski definition) is 1. The molecule has 0 heterocycles. The van der Waals surface area contributed by atoms with Crippen molar-refractivity contribution in [3.05, 3.63) is 46.5 Å². The second-order valence-electron chi connectivity index (χ2n) is 3.44. The molecule has 1 nitrogen and oxygen atoms in total. The largest absolute Gasteiger partial charge is 0.324 e. The summed E-state index contributed by atoms with van der Waals surface area (Å²) in [6, 6.07) is 8.13. The predicted molar refractivity (Wildman–Crippen MR) is 65.1 cm³/mol. The van der Waals surface area contributed by atoms with Gasteiger partial charge in [-0.15, -0.1) is 0 Å². The van der Waals surface area contributed by atoms with E-state index in [-0.39, 0.29) is 6.04 Å². The average molecular weight is 254 g/mol. The zero-order chi connectivity index (χ0) is 10.6. The van der Waals surface area contributed by atoms with Gasteiger partial charge in [0, 0.05) is 10.5 Å². The van der Waals surface area contributed by atoms with Crippen LogP contribution < -0.4 is 5.73 Å². The molecule has 0 bridgehead atoms. The van der Waals surface area contributed by atoms with Crippen LogP contribution in [0, 0.1) is 0 Å². The van der Waals surface area contributed by atoms with Crippen molar-refractivity contribution in [2.75, 3.05) is 0 Å². The van der Waals surface area contributed by atoms with Gasteiger partial charge >= 0.3 is 0 Å². The molecule has 1 rings (SSSR count). The minimum absolute atomic E-state index is 0.0537. The Morgan fingerprint density at radius 3 is 2.71 bits per heavy atom. The lowest BCUT2D eigenvalue weighted by Gasteiger charge is -2.14. The first-order valence-corrected chi connectivity index (χ1v) is 5.61. The lowest BCUT2D eigenvalue weighted by molar-refractivity contribution is 0.698. The third-order valence-electron chi connectivity index (χ3n) is 2.31. The Balaban J connectivity index is 2.74. The van der Waals surface area contributed by atoms with E-state index in [1.54, 1.807) is 0 Å². The molecule has 0 radical (unpaired) electrons. The van der Waals surface area contributed by atoms with Crippen molar-refractivity contribution in [2.45, 2.75) is 25.8 Å². The molecule has 0 spiro atoms. The van der Waals surface area contributed by atoms with Crippen LogP contribution in [0.2, 0.25) is 0 Å². The highest BCUT2D eigenvalue weighted by molar-refractivity contribution is 9.10. The molecule has 2 N–H and O–H groups in total. The van der Waals surface area contributed by atoms with Crippen LogP contribution in [0.25, 0.3) is 0 Å². The Labute approximate surface area is 94.1 Å². The van der Waals surface area contributed by atoms with Gasteiger partial charge in [0.2, 0.25) is 0 Å². The third kappa shape index (κ3) is 2.96. The van der Waals surface area contributed by atoms with E-state index in [4.69, 9.17) is 5.73 Å². The zero-order valence-corrected chi connectivity index (χ0v) is 10.0. The summed E-state index contributed by atoms with van der Waals surface area (Å²) in [5.74, 6) is 0. The van der Waals surface area contributed by atoms with Crippen LogP contribution in [0.1, 0.15) is 31.4 Å². The molecule has 0 saturated heterocycles. The van der Waals surface area contributed by atoms with Crippen LogP contribution in [-0.2, 0) is 0 Å². The smallest absolute Gasteiger partial charge is 0.0343 e. The summed E-state index contributed by atoms with van der Waals surface area (Å²) in [5.41, 5.74) is 8.44. The monoisotopic (exact) mass is 253 g/mol. The number of nitrogens with two attached hydrogens (primary N) is 1. The zero-order valence-electron chi connectivity index (χ0n) is 8.46. The van der Waals surface area contributed by atoms with Crippen molar-refractivity contribution in [1.29, 1.82) is 0 Å². The first-order chi connectivity index (χ1) is 6.65. The van der Waals surface area contributed by atoms with Crippen LogP contribution in [0.15, 0.2) is 40.9 Å². The van der Waals surface area contributed by atoms with Gasteiger partial charge in [0.25, 0.3) is 0 Å². The summed E-state index contributed by atoms with van der Waals surface area (Å²) >= 11 is 3.50. The molecule has 0 aliphatic rings. The van der Waals surface area contributed by atoms with E-state index in [2.05, 4.69) is 35.5 Å². The van der Waals surface area contributed by atoms with E-state index in [9.17, 15) is 0 Å². The van der Waals surface area contributed by atoms with Gasteiger partial charge < -0.3 is 5.73 Å². The Hall–Kier alpha value is -0.600. The fourth-order valence-electron chi connectivity index (χ4n) is 1.34. The molecule has 0 fully saturated rings. The highest BCUT2D eigenvalue weighted by atomic mass is 79.9. The number of hydrogen-bond acceptors (Lipinski definition) is 1. The van der Waals surface area contributed by atoms with E-state index >= 15 is 0 Å². The lowest BCUT2D eigenvalue weighted by atomic mass is 9.99. The molecule has 76 valence electrons. The van der Waals surface area contributed by atoms with E-state index in [1.165, 1.54) is 5.57 Å². The lowest BCUT2D eigenvalue weighted by Crippen LogP contribution is -2.11. The molecule has 1 aromatic carbocycles. The minimum Gasteiger partial charge on any atom is -0.324 e. The Kier molecular flexibility index (Phi) is 4.36. The van der Waals surface area contributed by atoms with Crippen molar-refractivity contribution in [3.8, 4) is 0 Å². The van der Waals surface area contributed by atoms with Gasteiger partial charge in [-0.1, -0.05) is 53.2 Å². The fourth-order valence-corrected chi connectivity index (χ4v) is 1.92. The first-order valence-electron chi connectivity index (χ1n) is 4.81. The molecule has 0 amide bonds. The maximum absolute atomic E-state index is 6.08. The van der Waals surface area contributed by atoms with Gasteiger partial charge in [-0.2, -0.15) is 0 Å². The fraction of sp³-hybridized carbons (Fsp3) is 0.333. The molecule has 1 aromatic rings. The van der Waals surface area contributed by atoms with Crippen LogP contribution in [0.4, 0.5) is 0 Å². The molecule has 0 aliphatic carbocycles. The van der Waals surface area contributed by atoms with Gasteiger partial charge in [0.1, 0.15) is 0 Å². The molecule has 1 unspecified atom stereocenters. The molecule has 14 heavy (non-hydrogen) atoms. The van der Waals surface area contributed by atoms with Crippen molar-refractivity contribution >= 4 is 15.9 Å². The van der Waals surface area contributed by atoms with Gasteiger partial charge in [-0.25, -0.2) is 0 Å². The molecule has 1 atom stereocenters. The maximum Gasteiger partial charge on any atom is 0.0343 e. The van der Waals surface area contributed by atoms with E-state index in [1.807, 2.05) is 18.2 Å². The average Bonchev–Trinajstić information content (AvgIpc) is 2.18. The van der Waals surface area contributed by atoms with Crippen molar-refractivity contribution in [3.63, 3.8) is 0 Å². The van der Waals surface area contributed by atoms with Crippen molar-refractivity contribution in [1.82, 2.24) is 0 Å². The summed E-state index contributed by atoms with van der Waals surface area (Å²) in [6.07, 6.45) is 1.86. The van der Waals surface area contributed by atoms with Gasteiger partial charge in [-0.3, -0.25) is 0 Å². The van der Waals surface area contributed by atoms with Gasteiger partial charge in [0.15, 0.2) is 0 Å². The summed E-state index contributed by atoms with van der Waals surface area (Å²) in [6.45, 7) is 6.08. The molecule has 2 heteroatoms. The molecule has 0 aliphatic heterocycles. The molecule has 0 saturated carbocycles. The molecular formula is C12H16BrN. The quantitative estimate of drug-likeness (QED) is 0.812. The van der Waals surface area contributed by atoms with Crippen LogP contribution in [0.3, 0.4) is 0 Å². The summed E-state index contributed by atoms with van der Waals surface area (Å²) in [4.78, 5) is 0.